The van der Waals surface area contributed by atoms with E-state index in [-0.39, 0.29) is 11.5 Å². The van der Waals surface area contributed by atoms with E-state index in [4.69, 9.17) is 5.11 Å². The van der Waals surface area contributed by atoms with Crippen LogP contribution < -0.4 is 0 Å². The van der Waals surface area contributed by atoms with Crippen LogP contribution in [0.4, 0.5) is 4.39 Å². The number of amides is 1. The summed E-state index contributed by atoms with van der Waals surface area (Å²) >= 11 is 0. The molecule has 1 amide bonds. The zero-order valence-corrected chi connectivity index (χ0v) is 8.24. The second-order valence-corrected chi connectivity index (χ2v) is 3.64. The van der Waals surface area contributed by atoms with E-state index in [2.05, 4.69) is 0 Å². The van der Waals surface area contributed by atoms with Crippen molar-refractivity contribution < 1.29 is 14.3 Å². The number of hydrogen-bond acceptors (Lipinski definition) is 2. The third-order valence-corrected chi connectivity index (χ3v) is 2.60. The molecule has 1 aromatic carbocycles. The van der Waals surface area contributed by atoms with E-state index in [1.54, 1.807) is 4.90 Å². The number of halogens is 1. The number of hydrogen-bond donors (Lipinski definition) is 1. The average Bonchev–Trinajstić information content (AvgIpc) is 2.74. The molecule has 3 nitrogen and oxygen atoms in total. The highest BCUT2D eigenvalue weighted by atomic mass is 19.1. The smallest absolute Gasteiger partial charge is 0.256 e. The molecule has 0 saturated carbocycles. The fourth-order valence-electron chi connectivity index (χ4n) is 1.78. The van der Waals surface area contributed by atoms with Crippen molar-refractivity contribution in [2.45, 2.75) is 12.8 Å². The van der Waals surface area contributed by atoms with E-state index in [1.165, 1.54) is 18.2 Å². The van der Waals surface area contributed by atoms with Gasteiger partial charge in [-0.2, -0.15) is 0 Å². The van der Waals surface area contributed by atoms with Gasteiger partial charge in [-0.05, 0) is 25.0 Å². The zero-order valence-electron chi connectivity index (χ0n) is 8.24. The summed E-state index contributed by atoms with van der Waals surface area (Å²) in [6, 6.07) is 4.10. The molecule has 1 aromatic rings. The van der Waals surface area contributed by atoms with Gasteiger partial charge >= 0.3 is 0 Å². The SMILES string of the molecule is O=C(c1cccc(O)c1F)N1CCCC1. The highest BCUT2D eigenvalue weighted by molar-refractivity contribution is 5.95. The molecule has 1 aliphatic heterocycles. The van der Waals surface area contributed by atoms with Gasteiger partial charge in [0.1, 0.15) is 0 Å². The van der Waals surface area contributed by atoms with Crippen LogP contribution in [0.5, 0.6) is 5.75 Å². The molecular formula is C11H12FNO2. The Hall–Kier alpha value is -1.58. The Bertz CT molecular complexity index is 386. The minimum atomic E-state index is -0.825. The van der Waals surface area contributed by atoms with Crippen molar-refractivity contribution in [2.75, 3.05) is 13.1 Å². The predicted molar refractivity (Wildman–Crippen MR) is 53.2 cm³/mol. The first-order valence-electron chi connectivity index (χ1n) is 4.97. The lowest BCUT2D eigenvalue weighted by Gasteiger charge is -2.15. The number of nitrogens with zero attached hydrogens (tertiary/aromatic N) is 1. The molecule has 0 unspecified atom stereocenters. The van der Waals surface area contributed by atoms with Gasteiger partial charge in [0.15, 0.2) is 11.6 Å². The van der Waals surface area contributed by atoms with Crippen LogP contribution in [-0.2, 0) is 0 Å². The second kappa shape index (κ2) is 3.88. The molecular weight excluding hydrogens is 197 g/mol. The number of phenolic OH excluding ortho intramolecular Hbond substituents is 1. The van der Waals surface area contributed by atoms with Crippen LogP contribution >= 0.6 is 0 Å². The first-order chi connectivity index (χ1) is 7.20. The third kappa shape index (κ3) is 1.79. The van der Waals surface area contributed by atoms with Crippen molar-refractivity contribution in [3.05, 3.63) is 29.6 Å². The first-order valence-corrected chi connectivity index (χ1v) is 4.97. The van der Waals surface area contributed by atoms with Gasteiger partial charge in [0, 0.05) is 13.1 Å². The van der Waals surface area contributed by atoms with Crippen LogP contribution in [0.1, 0.15) is 23.2 Å². The summed E-state index contributed by atoms with van der Waals surface area (Å²) in [5.74, 6) is -1.63. The summed E-state index contributed by atoms with van der Waals surface area (Å²) in [5.41, 5.74) is -0.0445. The van der Waals surface area contributed by atoms with Crippen molar-refractivity contribution in [1.82, 2.24) is 4.90 Å². The Labute approximate surface area is 87.1 Å². The molecule has 1 heterocycles. The molecule has 4 heteroatoms. The van der Waals surface area contributed by atoms with Gasteiger partial charge < -0.3 is 10.0 Å². The van der Waals surface area contributed by atoms with Crippen molar-refractivity contribution in [2.24, 2.45) is 0 Å². The lowest BCUT2D eigenvalue weighted by Crippen LogP contribution is -2.28. The maximum atomic E-state index is 13.4. The Morgan fingerprint density at radius 1 is 1.33 bits per heavy atom. The number of benzene rings is 1. The number of likely N-dealkylation sites (tertiary alicyclic amines) is 1. The Kier molecular flexibility index (Phi) is 2.58. The summed E-state index contributed by atoms with van der Waals surface area (Å²) in [7, 11) is 0. The van der Waals surface area contributed by atoms with E-state index in [1.807, 2.05) is 0 Å². The molecule has 0 aliphatic carbocycles. The fraction of sp³-hybridized carbons (Fsp3) is 0.364. The van der Waals surface area contributed by atoms with Gasteiger partial charge in [0.2, 0.25) is 0 Å². The van der Waals surface area contributed by atoms with Crippen LogP contribution in [0.2, 0.25) is 0 Å². The molecule has 0 aromatic heterocycles. The third-order valence-electron chi connectivity index (χ3n) is 2.60. The molecule has 80 valence electrons. The van der Waals surface area contributed by atoms with Gasteiger partial charge in [0.25, 0.3) is 5.91 Å². The molecule has 15 heavy (non-hydrogen) atoms. The van der Waals surface area contributed by atoms with Crippen molar-refractivity contribution in [1.29, 1.82) is 0 Å². The van der Waals surface area contributed by atoms with Crippen LogP contribution in [0.3, 0.4) is 0 Å². The van der Waals surface area contributed by atoms with Crippen molar-refractivity contribution in [3.8, 4) is 5.75 Å². The maximum absolute atomic E-state index is 13.4. The second-order valence-electron chi connectivity index (χ2n) is 3.64. The normalized spacial score (nSPS) is 15.7. The van der Waals surface area contributed by atoms with Crippen LogP contribution in [0.15, 0.2) is 18.2 Å². The van der Waals surface area contributed by atoms with E-state index in [0.29, 0.717) is 13.1 Å². The molecule has 0 atom stereocenters. The van der Waals surface area contributed by atoms with E-state index < -0.39 is 11.6 Å². The average molecular weight is 209 g/mol. The topological polar surface area (TPSA) is 40.5 Å². The summed E-state index contributed by atoms with van der Waals surface area (Å²) < 4.78 is 13.4. The molecule has 0 radical (unpaired) electrons. The molecule has 2 rings (SSSR count). The quantitative estimate of drug-likeness (QED) is 0.765. The van der Waals surface area contributed by atoms with E-state index >= 15 is 0 Å². The van der Waals surface area contributed by atoms with Crippen LogP contribution in [0.25, 0.3) is 0 Å². The van der Waals surface area contributed by atoms with E-state index in [9.17, 15) is 9.18 Å². The van der Waals surface area contributed by atoms with Crippen molar-refractivity contribution >= 4 is 5.91 Å². The number of phenols is 1. The zero-order chi connectivity index (χ0) is 10.8. The Balaban J connectivity index is 2.28. The van der Waals surface area contributed by atoms with Gasteiger partial charge in [0.05, 0.1) is 5.56 Å². The van der Waals surface area contributed by atoms with Crippen LogP contribution in [-0.4, -0.2) is 29.0 Å². The molecule has 1 aliphatic rings. The number of carbonyl (C=O) groups is 1. The van der Waals surface area contributed by atoms with Crippen LogP contribution in [0, 0.1) is 5.82 Å². The number of aromatic hydroxyl groups is 1. The summed E-state index contributed by atoms with van der Waals surface area (Å²) in [6.07, 6.45) is 1.93. The van der Waals surface area contributed by atoms with Gasteiger partial charge in [-0.3, -0.25) is 4.79 Å². The molecule has 1 saturated heterocycles. The minimum Gasteiger partial charge on any atom is -0.505 e. The minimum absolute atomic E-state index is 0.0445. The molecule has 1 N–H and O–H groups in total. The molecule has 0 bridgehead atoms. The van der Waals surface area contributed by atoms with Gasteiger partial charge in [-0.25, -0.2) is 4.39 Å². The monoisotopic (exact) mass is 209 g/mol. The Morgan fingerprint density at radius 3 is 2.67 bits per heavy atom. The molecule has 1 fully saturated rings. The number of carbonyl (C=O) groups excluding carboxylic acids is 1. The predicted octanol–water partition coefficient (Wildman–Crippen LogP) is 1.77. The lowest BCUT2D eigenvalue weighted by molar-refractivity contribution is 0.0787. The Morgan fingerprint density at radius 2 is 2.00 bits per heavy atom. The van der Waals surface area contributed by atoms with Crippen molar-refractivity contribution in [3.63, 3.8) is 0 Å². The summed E-state index contributed by atoms with van der Waals surface area (Å²) in [6.45, 7) is 1.35. The van der Waals surface area contributed by atoms with Gasteiger partial charge in [-0.15, -0.1) is 0 Å². The number of rotatable bonds is 1. The van der Waals surface area contributed by atoms with E-state index in [0.717, 1.165) is 12.8 Å². The first kappa shape index (κ1) is 9.96. The summed E-state index contributed by atoms with van der Waals surface area (Å²) in [5, 5.41) is 9.15. The standard InChI is InChI=1S/C11H12FNO2/c12-10-8(4-3-5-9(10)14)11(15)13-6-1-2-7-13/h3-5,14H,1-2,6-7H2. The summed E-state index contributed by atoms with van der Waals surface area (Å²) in [4.78, 5) is 13.4. The fourth-order valence-corrected chi connectivity index (χ4v) is 1.78. The molecule has 0 spiro atoms. The largest absolute Gasteiger partial charge is 0.505 e. The highest BCUT2D eigenvalue weighted by Crippen LogP contribution is 2.21. The van der Waals surface area contributed by atoms with Gasteiger partial charge in [-0.1, -0.05) is 6.07 Å². The lowest BCUT2D eigenvalue weighted by atomic mass is 10.1. The highest BCUT2D eigenvalue weighted by Gasteiger charge is 2.23. The maximum Gasteiger partial charge on any atom is 0.256 e.